The van der Waals surface area contributed by atoms with Crippen molar-refractivity contribution in [3.8, 4) is 0 Å². The lowest BCUT2D eigenvalue weighted by Crippen LogP contribution is -2.35. The molecule has 1 aromatic heterocycles. The van der Waals surface area contributed by atoms with Crippen LogP contribution in [-0.2, 0) is 0 Å². The van der Waals surface area contributed by atoms with E-state index in [0.29, 0.717) is 11.3 Å². The number of aromatic amines is 1. The molecule has 1 heterocycles. The van der Waals surface area contributed by atoms with Gasteiger partial charge in [0.05, 0.1) is 0 Å². The monoisotopic (exact) mass is 271 g/mol. The summed E-state index contributed by atoms with van der Waals surface area (Å²) < 4.78 is 0. The van der Waals surface area contributed by atoms with Gasteiger partial charge in [-0.15, -0.1) is 0 Å². The van der Waals surface area contributed by atoms with E-state index in [2.05, 4.69) is 29.5 Å². The Morgan fingerprint density at radius 3 is 2.85 bits per heavy atom. The molecular weight excluding hydrogens is 250 g/mol. The molecule has 0 aliphatic heterocycles. The van der Waals surface area contributed by atoms with E-state index in [-0.39, 0.29) is 6.03 Å². The molecule has 106 valence electrons. The summed E-state index contributed by atoms with van der Waals surface area (Å²) in [6, 6.07) is 7.76. The first-order valence-corrected chi connectivity index (χ1v) is 7.21. The van der Waals surface area contributed by atoms with Gasteiger partial charge in [0.1, 0.15) is 0 Å². The number of rotatable bonds is 4. The normalized spacial score (nSPS) is 16.4. The van der Waals surface area contributed by atoms with Crippen LogP contribution in [0.25, 0.3) is 10.9 Å². The van der Waals surface area contributed by atoms with Crippen LogP contribution in [0.3, 0.4) is 0 Å². The second kappa shape index (κ2) is 4.85. The van der Waals surface area contributed by atoms with E-state index in [1.54, 1.807) is 0 Å². The Kier molecular flexibility index (Phi) is 3.16. The van der Waals surface area contributed by atoms with Crippen LogP contribution in [0.4, 0.5) is 10.5 Å². The van der Waals surface area contributed by atoms with Gasteiger partial charge in [0, 0.05) is 23.9 Å². The third kappa shape index (κ3) is 2.50. The molecule has 1 saturated carbocycles. The highest BCUT2D eigenvalue weighted by atomic mass is 16.2. The minimum absolute atomic E-state index is 0.122. The van der Waals surface area contributed by atoms with Crippen LogP contribution in [0.2, 0.25) is 0 Å². The summed E-state index contributed by atoms with van der Waals surface area (Å²) in [7, 11) is 0. The SMILES string of the molecule is CC(C)C1(CNC(=O)Nc2ccc3cc[nH]c3c2)CC1. The maximum atomic E-state index is 12.0. The summed E-state index contributed by atoms with van der Waals surface area (Å²) >= 11 is 0. The molecule has 0 saturated heterocycles. The second-order valence-corrected chi connectivity index (χ2v) is 6.10. The fourth-order valence-corrected chi connectivity index (χ4v) is 2.68. The summed E-state index contributed by atoms with van der Waals surface area (Å²) in [6.07, 6.45) is 4.34. The molecule has 1 aliphatic carbocycles. The lowest BCUT2D eigenvalue weighted by molar-refractivity contribution is 0.246. The zero-order valence-electron chi connectivity index (χ0n) is 12.0. The molecule has 1 aliphatic rings. The van der Waals surface area contributed by atoms with Crippen molar-refractivity contribution in [1.29, 1.82) is 0 Å². The molecule has 1 fully saturated rings. The molecule has 1 aromatic carbocycles. The molecule has 4 nitrogen and oxygen atoms in total. The predicted octanol–water partition coefficient (Wildman–Crippen LogP) is 3.73. The van der Waals surface area contributed by atoms with E-state index < -0.39 is 0 Å². The number of hydrogen-bond acceptors (Lipinski definition) is 1. The average Bonchev–Trinajstić information content (AvgIpc) is 3.08. The minimum Gasteiger partial charge on any atom is -0.361 e. The molecule has 0 bridgehead atoms. The van der Waals surface area contributed by atoms with Crippen molar-refractivity contribution in [1.82, 2.24) is 10.3 Å². The van der Waals surface area contributed by atoms with Gasteiger partial charge in [0.15, 0.2) is 0 Å². The Balaban J connectivity index is 1.58. The van der Waals surface area contributed by atoms with Crippen LogP contribution in [0.15, 0.2) is 30.5 Å². The van der Waals surface area contributed by atoms with Gasteiger partial charge in [0.2, 0.25) is 0 Å². The molecule has 0 unspecified atom stereocenters. The van der Waals surface area contributed by atoms with Gasteiger partial charge in [-0.2, -0.15) is 0 Å². The number of H-pyrrole nitrogens is 1. The van der Waals surface area contributed by atoms with Gasteiger partial charge < -0.3 is 15.6 Å². The van der Waals surface area contributed by atoms with Gasteiger partial charge in [-0.05, 0) is 47.8 Å². The van der Waals surface area contributed by atoms with E-state index in [0.717, 1.165) is 23.1 Å². The van der Waals surface area contributed by atoms with Gasteiger partial charge >= 0.3 is 6.03 Å². The van der Waals surface area contributed by atoms with Crippen molar-refractivity contribution in [2.24, 2.45) is 11.3 Å². The first-order chi connectivity index (χ1) is 9.59. The summed E-state index contributed by atoms with van der Waals surface area (Å²) in [4.78, 5) is 15.1. The third-order valence-corrected chi connectivity index (χ3v) is 4.53. The number of fused-ring (bicyclic) bond motifs is 1. The zero-order valence-corrected chi connectivity index (χ0v) is 12.0. The molecule has 20 heavy (non-hydrogen) atoms. The Morgan fingerprint density at radius 2 is 2.15 bits per heavy atom. The van der Waals surface area contributed by atoms with E-state index in [1.807, 2.05) is 30.5 Å². The van der Waals surface area contributed by atoms with Crippen molar-refractivity contribution >= 4 is 22.6 Å². The Morgan fingerprint density at radius 1 is 1.35 bits per heavy atom. The molecular formula is C16H21N3O. The highest BCUT2D eigenvalue weighted by molar-refractivity contribution is 5.92. The first-order valence-electron chi connectivity index (χ1n) is 7.21. The number of urea groups is 1. The van der Waals surface area contributed by atoms with Crippen LogP contribution >= 0.6 is 0 Å². The van der Waals surface area contributed by atoms with Crippen LogP contribution < -0.4 is 10.6 Å². The first kappa shape index (κ1) is 13.0. The number of carbonyl (C=O) groups excluding carboxylic acids is 1. The third-order valence-electron chi connectivity index (χ3n) is 4.53. The van der Waals surface area contributed by atoms with Crippen molar-refractivity contribution < 1.29 is 4.79 Å². The number of aromatic nitrogens is 1. The largest absolute Gasteiger partial charge is 0.361 e. The number of nitrogens with one attached hydrogen (secondary N) is 3. The summed E-state index contributed by atoms with van der Waals surface area (Å²) in [5.41, 5.74) is 2.18. The highest BCUT2D eigenvalue weighted by Gasteiger charge is 2.45. The molecule has 0 radical (unpaired) electrons. The zero-order chi connectivity index (χ0) is 14.2. The molecule has 0 spiro atoms. The number of carbonyl (C=O) groups is 1. The smallest absolute Gasteiger partial charge is 0.319 e. The standard InChI is InChI=1S/C16H21N3O/c1-11(2)16(6-7-16)10-18-15(20)19-13-4-3-12-5-8-17-14(12)9-13/h3-5,8-9,11,17H,6-7,10H2,1-2H3,(H2,18,19,20). The number of hydrogen-bond donors (Lipinski definition) is 3. The maximum Gasteiger partial charge on any atom is 0.319 e. The quantitative estimate of drug-likeness (QED) is 0.779. The molecule has 3 rings (SSSR count). The van der Waals surface area contributed by atoms with Crippen molar-refractivity contribution in [3.05, 3.63) is 30.5 Å². The topological polar surface area (TPSA) is 56.9 Å². The fraction of sp³-hybridized carbons (Fsp3) is 0.438. The molecule has 4 heteroatoms. The van der Waals surface area contributed by atoms with E-state index >= 15 is 0 Å². The van der Waals surface area contributed by atoms with Crippen LogP contribution in [0, 0.1) is 11.3 Å². The Labute approximate surface area is 118 Å². The van der Waals surface area contributed by atoms with Crippen LogP contribution in [0.5, 0.6) is 0 Å². The Hall–Kier alpha value is -1.97. The van der Waals surface area contributed by atoms with Crippen molar-refractivity contribution in [2.45, 2.75) is 26.7 Å². The van der Waals surface area contributed by atoms with Gasteiger partial charge in [-0.3, -0.25) is 0 Å². The van der Waals surface area contributed by atoms with Crippen molar-refractivity contribution in [2.75, 3.05) is 11.9 Å². The fourth-order valence-electron chi connectivity index (χ4n) is 2.68. The lowest BCUT2D eigenvalue weighted by atomic mass is 9.92. The van der Waals surface area contributed by atoms with Gasteiger partial charge in [-0.1, -0.05) is 19.9 Å². The molecule has 2 aromatic rings. The molecule has 2 amide bonds. The van der Waals surface area contributed by atoms with E-state index in [1.165, 1.54) is 12.8 Å². The van der Waals surface area contributed by atoms with Gasteiger partial charge in [0.25, 0.3) is 0 Å². The average molecular weight is 271 g/mol. The van der Waals surface area contributed by atoms with Crippen LogP contribution in [-0.4, -0.2) is 17.6 Å². The number of anilines is 1. The number of benzene rings is 1. The van der Waals surface area contributed by atoms with Crippen molar-refractivity contribution in [3.63, 3.8) is 0 Å². The summed E-state index contributed by atoms with van der Waals surface area (Å²) in [6.45, 7) is 5.22. The lowest BCUT2D eigenvalue weighted by Gasteiger charge is -2.20. The number of amides is 2. The minimum atomic E-state index is -0.122. The summed E-state index contributed by atoms with van der Waals surface area (Å²) in [5.74, 6) is 0.623. The Bertz CT molecular complexity index is 625. The molecule has 3 N–H and O–H groups in total. The molecule has 0 atom stereocenters. The predicted molar refractivity (Wildman–Crippen MR) is 81.8 cm³/mol. The maximum absolute atomic E-state index is 12.0. The van der Waals surface area contributed by atoms with Crippen LogP contribution in [0.1, 0.15) is 26.7 Å². The van der Waals surface area contributed by atoms with E-state index in [4.69, 9.17) is 0 Å². The van der Waals surface area contributed by atoms with E-state index in [9.17, 15) is 4.79 Å². The second-order valence-electron chi connectivity index (χ2n) is 6.10. The summed E-state index contributed by atoms with van der Waals surface area (Å²) in [5, 5.41) is 7.04. The highest BCUT2D eigenvalue weighted by Crippen LogP contribution is 2.51. The van der Waals surface area contributed by atoms with Gasteiger partial charge in [-0.25, -0.2) is 4.79 Å².